The van der Waals surface area contributed by atoms with Gasteiger partial charge in [-0.05, 0) is 31.9 Å². The van der Waals surface area contributed by atoms with Crippen LogP contribution < -0.4 is 11.1 Å². The standard InChI is InChI=1S/C13H19N3O3/c1-4-10(14)7-13(17)15-11-5-9(3)12(16(18)19)6-8(11)2/h5-6,10H,4,7,14H2,1-3H3,(H,15,17). The number of nitrogens with zero attached hydrogens (tertiary/aromatic N) is 1. The highest BCUT2D eigenvalue weighted by molar-refractivity contribution is 5.92. The Labute approximate surface area is 112 Å². The van der Waals surface area contributed by atoms with Crippen molar-refractivity contribution in [2.24, 2.45) is 5.73 Å². The number of nitrogens with two attached hydrogens (primary N) is 1. The van der Waals surface area contributed by atoms with Gasteiger partial charge in [-0.25, -0.2) is 0 Å². The number of hydrogen-bond donors (Lipinski definition) is 2. The summed E-state index contributed by atoms with van der Waals surface area (Å²) in [4.78, 5) is 22.1. The first-order valence-corrected chi connectivity index (χ1v) is 6.16. The Bertz CT molecular complexity index is 500. The van der Waals surface area contributed by atoms with Gasteiger partial charge in [-0.3, -0.25) is 14.9 Å². The number of benzene rings is 1. The fraction of sp³-hybridized carbons (Fsp3) is 0.462. The minimum absolute atomic E-state index is 0.0563. The first kappa shape index (κ1) is 15.1. The predicted molar refractivity (Wildman–Crippen MR) is 74.1 cm³/mol. The summed E-state index contributed by atoms with van der Waals surface area (Å²) in [5.74, 6) is -0.175. The average Bonchev–Trinajstić information content (AvgIpc) is 2.32. The largest absolute Gasteiger partial charge is 0.327 e. The maximum absolute atomic E-state index is 11.7. The Hall–Kier alpha value is -1.95. The van der Waals surface area contributed by atoms with E-state index in [9.17, 15) is 14.9 Å². The minimum Gasteiger partial charge on any atom is -0.327 e. The lowest BCUT2D eigenvalue weighted by Gasteiger charge is -2.12. The number of anilines is 1. The van der Waals surface area contributed by atoms with Gasteiger partial charge < -0.3 is 11.1 Å². The van der Waals surface area contributed by atoms with Crippen LogP contribution in [0.2, 0.25) is 0 Å². The van der Waals surface area contributed by atoms with Crippen LogP contribution in [0.4, 0.5) is 11.4 Å². The number of carbonyl (C=O) groups is 1. The second-order valence-corrected chi connectivity index (χ2v) is 4.63. The van der Waals surface area contributed by atoms with Gasteiger partial charge in [-0.1, -0.05) is 6.92 Å². The van der Waals surface area contributed by atoms with E-state index in [1.54, 1.807) is 19.9 Å². The van der Waals surface area contributed by atoms with Crippen LogP contribution in [0.5, 0.6) is 0 Å². The molecule has 1 aromatic rings. The molecule has 0 saturated carbocycles. The molecule has 0 saturated heterocycles. The van der Waals surface area contributed by atoms with E-state index in [0.29, 0.717) is 16.8 Å². The zero-order valence-electron chi connectivity index (χ0n) is 11.4. The molecular weight excluding hydrogens is 246 g/mol. The Balaban J connectivity index is 2.88. The third kappa shape index (κ3) is 4.03. The first-order valence-electron chi connectivity index (χ1n) is 6.16. The van der Waals surface area contributed by atoms with Crippen molar-refractivity contribution in [1.29, 1.82) is 0 Å². The molecule has 6 heteroatoms. The summed E-state index contributed by atoms with van der Waals surface area (Å²) < 4.78 is 0. The molecule has 0 aliphatic rings. The van der Waals surface area contributed by atoms with Crippen molar-refractivity contribution in [2.45, 2.75) is 39.7 Å². The molecule has 3 N–H and O–H groups in total. The Morgan fingerprint density at radius 1 is 1.42 bits per heavy atom. The normalized spacial score (nSPS) is 12.0. The van der Waals surface area contributed by atoms with Crippen molar-refractivity contribution in [3.63, 3.8) is 0 Å². The van der Waals surface area contributed by atoms with E-state index in [0.717, 1.165) is 6.42 Å². The molecule has 104 valence electrons. The lowest BCUT2D eigenvalue weighted by molar-refractivity contribution is -0.385. The van der Waals surface area contributed by atoms with Crippen molar-refractivity contribution in [1.82, 2.24) is 0 Å². The van der Waals surface area contributed by atoms with Crippen LogP contribution in [0.25, 0.3) is 0 Å². The van der Waals surface area contributed by atoms with Gasteiger partial charge >= 0.3 is 0 Å². The number of nitro benzene ring substituents is 1. The van der Waals surface area contributed by atoms with E-state index in [1.165, 1.54) is 6.07 Å². The van der Waals surface area contributed by atoms with Crippen molar-refractivity contribution in [3.05, 3.63) is 33.4 Å². The SMILES string of the molecule is CCC(N)CC(=O)Nc1cc(C)c([N+](=O)[O-])cc1C. The van der Waals surface area contributed by atoms with Gasteiger partial charge in [0.25, 0.3) is 5.69 Å². The zero-order valence-corrected chi connectivity index (χ0v) is 11.4. The van der Waals surface area contributed by atoms with Gasteiger partial charge in [0, 0.05) is 29.8 Å². The summed E-state index contributed by atoms with van der Waals surface area (Å²) in [5.41, 5.74) is 7.54. The number of rotatable bonds is 5. The number of carbonyl (C=O) groups excluding carboxylic acids is 1. The predicted octanol–water partition coefficient (Wildman–Crippen LogP) is 2.28. The van der Waals surface area contributed by atoms with E-state index in [4.69, 9.17) is 5.73 Å². The summed E-state index contributed by atoms with van der Waals surface area (Å²) in [6.07, 6.45) is 0.970. The summed E-state index contributed by atoms with van der Waals surface area (Å²) in [7, 11) is 0. The van der Waals surface area contributed by atoms with Crippen LogP contribution in [-0.2, 0) is 4.79 Å². The van der Waals surface area contributed by atoms with Crippen molar-refractivity contribution in [3.8, 4) is 0 Å². The molecule has 0 radical (unpaired) electrons. The molecule has 0 aliphatic heterocycles. The number of aryl methyl sites for hydroxylation is 2. The Morgan fingerprint density at radius 3 is 2.58 bits per heavy atom. The van der Waals surface area contributed by atoms with E-state index >= 15 is 0 Å². The smallest absolute Gasteiger partial charge is 0.272 e. The molecule has 1 aromatic carbocycles. The van der Waals surface area contributed by atoms with Crippen LogP contribution in [0.15, 0.2) is 12.1 Å². The summed E-state index contributed by atoms with van der Waals surface area (Å²) in [6, 6.07) is 2.91. The molecule has 0 fully saturated rings. The van der Waals surface area contributed by atoms with Crippen LogP contribution in [0.3, 0.4) is 0 Å². The topological polar surface area (TPSA) is 98.3 Å². The molecule has 0 aliphatic carbocycles. The molecule has 0 aromatic heterocycles. The Morgan fingerprint density at radius 2 is 2.05 bits per heavy atom. The quantitative estimate of drug-likeness (QED) is 0.630. The highest BCUT2D eigenvalue weighted by Gasteiger charge is 2.15. The molecule has 19 heavy (non-hydrogen) atoms. The number of nitrogens with one attached hydrogen (secondary N) is 1. The van der Waals surface area contributed by atoms with Crippen molar-refractivity contribution in [2.75, 3.05) is 5.32 Å². The number of nitro groups is 1. The van der Waals surface area contributed by atoms with Gasteiger partial charge in [-0.2, -0.15) is 0 Å². The van der Waals surface area contributed by atoms with Crippen LogP contribution in [-0.4, -0.2) is 16.9 Å². The van der Waals surface area contributed by atoms with Gasteiger partial charge in [0.05, 0.1) is 4.92 Å². The van der Waals surface area contributed by atoms with Crippen LogP contribution in [0, 0.1) is 24.0 Å². The summed E-state index contributed by atoms with van der Waals surface area (Å²) >= 11 is 0. The molecule has 6 nitrogen and oxygen atoms in total. The molecule has 0 bridgehead atoms. The maximum Gasteiger partial charge on any atom is 0.272 e. The van der Waals surface area contributed by atoms with Gasteiger partial charge in [0.15, 0.2) is 0 Å². The lowest BCUT2D eigenvalue weighted by atomic mass is 10.1. The van der Waals surface area contributed by atoms with Gasteiger partial charge in [-0.15, -0.1) is 0 Å². The Kier molecular flexibility index (Phi) is 5.00. The maximum atomic E-state index is 11.7. The molecular formula is C13H19N3O3. The second kappa shape index (κ2) is 6.29. The average molecular weight is 265 g/mol. The lowest BCUT2D eigenvalue weighted by Crippen LogP contribution is -2.26. The molecule has 1 rings (SSSR count). The second-order valence-electron chi connectivity index (χ2n) is 4.63. The monoisotopic (exact) mass is 265 g/mol. The third-order valence-electron chi connectivity index (χ3n) is 2.99. The highest BCUT2D eigenvalue weighted by Crippen LogP contribution is 2.26. The summed E-state index contributed by atoms with van der Waals surface area (Å²) in [5, 5.41) is 13.5. The fourth-order valence-corrected chi connectivity index (χ4v) is 1.72. The molecule has 0 spiro atoms. The van der Waals surface area contributed by atoms with Crippen LogP contribution in [0.1, 0.15) is 30.9 Å². The number of amides is 1. The van der Waals surface area contributed by atoms with E-state index in [1.807, 2.05) is 6.92 Å². The molecule has 1 amide bonds. The van der Waals surface area contributed by atoms with Gasteiger partial charge in [0.1, 0.15) is 0 Å². The third-order valence-corrected chi connectivity index (χ3v) is 2.99. The fourth-order valence-electron chi connectivity index (χ4n) is 1.72. The summed E-state index contributed by atoms with van der Waals surface area (Å²) in [6.45, 7) is 5.28. The first-order chi connectivity index (χ1) is 8.85. The zero-order chi connectivity index (χ0) is 14.6. The van der Waals surface area contributed by atoms with Crippen LogP contribution >= 0.6 is 0 Å². The number of hydrogen-bond acceptors (Lipinski definition) is 4. The van der Waals surface area contributed by atoms with E-state index in [2.05, 4.69) is 5.32 Å². The van der Waals surface area contributed by atoms with Crippen molar-refractivity contribution < 1.29 is 9.72 Å². The van der Waals surface area contributed by atoms with E-state index < -0.39 is 4.92 Å². The molecule has 1 atom stereocenters. The van der Waals surface area contributed by atoms with Gasteiger partial charge in [0.2, 0.25) is 5.91 Å². The van der Waals surface area contributed by atoms with E-state index in [-0.39, 0.29) is 24.1 Å². The highest BCUT2D eigenvalue weighted by atomic mass is 16.6. The molecule has 0 heterocycles. The molecule has 1 unspecified atom stereocenters. The minimum atomic E-state index is -0.430. The van der Waals surface area contributed by atoms with Crippen molar-refractivity contribution >= 4 is 17.3 Å².